The van der Waals surface area contributed by atoms with Gasteiger partial charge in [0.15, 0.2) is 23.1 Å². The van der Waals surface area contributed by atoms with Gasteiger partial charge in [-0.05, 0) is 37.3 Å². The molecule has 1 fully saturated rings. The zero-order chi connectivity index (χ0) is 20.7. The molecule has 6 nitrogen and oxygen atoms in total. The van der Waals surface area contributed by atoms with Gasteiger partial charge in [0.2, 0.25) is 0 Å². The van der Waals surface area contributed by atoms with Crippen molar-refractivity contribution in [2.45, 2.75) is 31.8 Å². The fraction of sp³-hybridized carbons (Fsp3) is 0.417. The number of carbonyl (C=O) groups is 2. The van der Waals surface area contributed by atoms with E-state index in [1.165, 1.54) is 0 Å². The fourth-order valence-electron chi connectivity index (χ4n) is 4.52. The van der Waals surface area contributed by atoms with E-state index < -0.39 is 5.60 Å². The van der Waals surface area contributed by atoms with Gasteiger partial charge in [0.1, 0.15) is 24.6 Å². The van der Waals surface area contributed by atoms with E-state index in [9.17, 15) is 9.59 Å². The molecule has 2 aromatic carbocycles. The average Bonchev–Trinajstić information content (AvgIpc) is 2.76. The molecule has 3 heterocycles. The Morgan fingerprint density at radius 3 is 2.53 bits per heavy atom. The Labute approximate surface area is 175 Å². The molecule has 0 bridgehead atoms. The number of likely N-dealkylation sites (tertiary alicyclic amines) is 1. The molecule has 0 N–H and O–H groups in total. The summed E-state index contributed by atoms with van der Waals surface area (Å²) in [6.07, 6.45) is 1.88. The molecule has 0 unspecified atom stereocenters. The topological polar surface area (TPSA) is 65.1 Å². The first-order valence-corrected chi connectivity index (χ1v) is 10.5. The highest BCUT2D eigenvalue weighted by Gasteiger charge is 2.43. The van der Waals surface area contributed by atoms with E-state index in [0.29, 0.717) is 54.6 Å². The van der Waals surface area contributed by atoms with Crippen LogP contribution in [0.25, 0.3) is 0 Å². The van der Waals surface area contributed by atoms with E-state index in [4.69, 9.17) is 14.2 Å². The lowest BCUT2D eigenvalue weighted by Crippen LogP contribution is -2.51. The second-order valence-electron chi connectivity index (χ2n) is 8.44. The quantitative estimate of drug-likeness (QED) is 0.726. The van der Waals surface area contributed by atoms with Crippen molar-refractivity contribution in [1.82, 2.24) is 4.90 Å². The number of benzene rings is 2. The van der Waals surface area contributed by atoms with Gasteiger partial charge in [-0.15, -0.1) is 0 Å². The summed E-state index contributed by atoms with van der Waals surface area (Å²) in [4.78, 5) is 27.6. The van der Waals surface area contributed by atoms with Crippen molar-refractivity contribution in [3.63, 3.8) is 0 Å². The van der Waals surface area contributed by atoms with Crippen LogP contribution in [0.1, 0.15) is 45.5 Å². The molecule has 0 aromatic heterocycles. The molecular weight excluding hydrogens is 382 g/mol. The minimum atomic E-state index is -0.449. The van der Waals surface area contributed by atoms with Crippen LogP contribution < -0.4 is 14.2 Å². The molecule has 30 heavy (non-hydrogen) atoms. The van der Waals surface area contributed by atoms with E-state index in [1.807, 2.05) is 25.1 Å². The summed E-state index contributed by atoms with van der Waals surface area (Å²) in [6, 6.07) is 11.2. The molecule has 0 saturated carbocycles. The van der Waals surface area contributed by atoms with Gasteiger partial charge in [-0.2, -0.15) is 0 Å². The third-order valence-corrected chi connectivity index (χ3v) is 6.24. The molecule has 0 atom stereocenters. The minimum Gasteiger partial charge on any atom is -0.486 e. The first-order valence-electron chi connectivity index (χ1n) is 10.5. The molecule has 6 heteroatoms. The maximum Gasteiger partial charge on any atom is 0.176 e. The number of carbonyl (C=O) groups excluding carboxylic acids is 2. The van der Waals surface area contributed by atoms with Crippen molar-refractivity contribution in [3.8, 4) is 17.2 Å². The lowest BCUT2D eigenvalue weighted by molar-refractivity contribution is -0.00803. The first-order chi connectivity index (χ1) is 14.5. The van der Waals surface area contributed by atoms with Crippen molar-refractivity contribution >= 4 is 11.6 Å². The molecule has 0 amide bonds. The summed E-state index contributed by atoms with van der Waals surface area (Å²) in [5, 5.41) is 0. The van der Waals surface area contributed by atoms with E-state index in [0.717, 1.165) is 31.5 Å². The monoisotopic (exact) mass is 407 g/mol. The summed E-state index contributed by atoms with van der Waals surface area (Å²) in [5.74, 6) is 2.22. The Bertz CT molecular complexity index is 1010. The molecule has 2 aromatic rings. The third-order valence-electron chi connectivity index (χ3n) is 6.24. The van der Waals surface area contributed by atoms with Crippen LogP contribution in [0, 0.1) is 6.92 Å². The van der Waals surface area contributed by atoms with Gasteiger partial charge in [-0.1, -0.05) is 11.6 Å². The van der Waals surface area contributed by atoms with E-state index in [1.54, 1.807) is 18.2 Å². The van der Waals surface area contributed by atoms with Crippen molar-refractivity contribution in [2.75, 3.05) is 32.8 Å². The third kappa shape index (κ3) is 3.56. The number of aryl methyl sites for hydroxylation is 1. The number of piperidine rings is 1. The standard InChI is InChI=1S/C24H25NO5/c1-16-2-4-21-18(12-16)19(26)14-24(30-21)6-8-25(9-7-24)15-20(27)17-3-5-22-23(13-17)29-11-10-28-22/h2-5,12-13H,6-11,14-15H2,1H3. The van der Waals surface area contributed by atoms with Crippen molar-refractivity contribution < 1.29 is 23.8 Å². The molecule has 3 aliphatic rings. The molecule has 156 valence electrons. The zero-order valence-electron chi connectivity index (χ0n) is 17.1. The molecule has 0 aliphatic carbocycles. The molecule has 1 spiro atoms. The average molecular weight is 407 g/mol. The fourth-order valence-corrected chi connectivity index (χ4v) is 4.52. The summed E-state index contributed by atoms with van der Waals surface area (Å²) in [6.45, 7) is 4.81. The predicted octanol–water partition coefficient (Wildman–Crippen LogP) is 3.45. The number of Topliss-reactive ketones (excluding diaryl/α,β-unsaturated/α-hetero) is 2. The predicted molar refractivity (Wildman–Crippen MR) is 111 cm³/mol. The van der Waals surface area contributed by atoms with Gasteiger partial charge < -0.3 is 14.2 Å². The van der Waals surface area contributed by atoms with E-state index >= 15 is 0 Å². The SMILES string of the molecule is Cc1ccc2c(c1)C(=O)CC1(CCN(CC(=O)c3ccc4c(c3)OCCO4)CC1)O2. The van der Waals surface area contributed by atoms with E-state index in [-0.39, 0.29) is 11.6 Å². The van der Waals surface area contributed by atoms with Gasteiger partial charge in [0.05, 0.1) is 18.5 Å². The molecule has 5 rings (SSSR count). The second kappa shape index (κ2) is 7.43. The van der Waals surface area contributed by atoms with Gasteiger partial charge in [0, 0.05) is 31.5 Å². The normalized spacial score (nSPS) is 19.8. The number of fused-ring (bicyclic) bond motifs is 2. The van der Waals surface area contributed by atoms with Gasteiger partial charge in [-0.3, -0.25) is 14.5 Å². The van der Waals surface area contributed by atoms with Crippen LogP contribution in [0.15, 0.2) is 36.4 Å². The van der Waals surface area contributed by atoms with Crippen molar-refractivity contribution in [2.24, 2.45) is 0 Å². The number of ketones is 2. The second-order valence-corrected chi connectivity index (χ2v) is 8.44. The highest BCUT2D eigenvalue weighted by molar-refractivity contribution is 6.00. The molecule has 3 aliphatic heterocycles. The Balaban J connectivity index is 1.23. The first kappa shape index (κ1) is 19.1. The lowest BCUT2D eigenvalue weighted by Gasteiger charge is -2.43. The summed E-state index contributed by atoms with van der Waals surface area (Å²) in [7, 11) is 0. The molecule has 0 radical (unpaired) electrons. The van der Waals surface area contributed by atoms with Crippen LogP contribution >= 0.6 is 0 Å². The number of ether oxygens (including phenoxy) is 3. The van der Waals surface area contributed by atoms with Crippen LogP contribution in [0.2, 0.25) is 0 Å². The van der Waals surface area contributed by atoms with Crippen LogP contribution in [0.5, 0.6) is 17.2 Å². The highest BCUT2D eigenvalue weighted by atomic mass is 16.6. The highest BCUT2D eigenvalue weighted by Crippen LogP contribution is 2.39. The Kier molecular flexibility index (Phi) is 4.74. The smallest absolute Gasteiger partial charge is 0.176 e. The molecular formula is C24H25NO5. The zero-order valence-corrected chi connectivity index (χ0v) is 17.1. The van der Waals surface area contributed by atoms with E-state index in [2.05, 4.69) is 4.90 Å². The Hall–Kier alpha value is -2.86. The Morgan fingerprint density at radius 1 is 1.00 bits per heavy atom. The van der Waals surface area contributed by atoms with Gasteiger partial charge >= 0.3 is 0 Å². The van der Waals surface area contributed by atoms with Crippen LogP contribution in [0.4, 0.5) is 0 Å². The number of rotatable bonds is 3. The molecule has 1 saturated heterocycles. The maximum atomic E-state index is 12.8. The van der Waals surface area contributed by atoms with Gasteiger partial charge in [0.25, 0.3) is 0 Å². The number of nitrogens with zero attached hydrogens (tertiary/aromatic N) is 1. The summed E-state index contributed by atoms with van der Waals surface area (Å²) >= 11 is 0. The van der Waals surface area contributed by atoms with Crippen LogP contribution in [-0.4, -0.2) is 54.9 Å². The summed E-state index contributed by atoms with van der Waals surface area (Å²) in [5.41, 5.74) is 1.94. The minimum absolute atomic E-state index is 0.0596. The lowest BCUT2D eigenvalue weighted by atomic mass is 9.82. The van der Waals surface area contributed by atoms with Crippen LogP contribution in [0.3, 0.4) is 0 Å². The number of hydrogen-bond donors (Lipinski definition) is 0. The number of hydrogen-bond acceptors (Lipinski definition) is 6. The maximum absolute atomic E-state index is 12.8. The van der Waals surface area contributed by atoms with Crippen molar-refractivity contribution in [1.29, 1.82) is 0 Å². The summed E-state index contributed by atoms with van der Waals surface area (Å²) < 4.78 is 17.4. The largest absolute Gasteiger partial charge is 0.486 e. The van der Waals surface area contributed by atoms with Gasteiger partial charge in [-0.25, -0.2) is 0 Å². The Morgan fingerprint density at radius 2 is 1.73 bits per heavy atom. The van der Waals surface area contributed by atoms with Crippen LogP contribution in [-0.2, 0) is 0 Å². The van der Waals surface area contributed by atoms with Crippen molar-refractivity contribution in [3.05, 3.63) is 53.1 Å².